The van der Waals surface area contributed by atoms with Crippen LogP contribution < -0.4 is 16.0 Å². The molecule has 0 aliphatic heterocycles. The van der Waals surface area contributed by atoms with E-state index < -0.39 is 5.82 Å². The maximum atomic E-state index is 13.4. The van der Waals surface area contributed by atoms with Crippen molar-refractivity contribution in [3.05, 3.63) is 52.3 Å². The number of aromatic nitrogens is 2. The van der Waals surface area contributed by atoms with Crippen molar-refractivity contribution in [1.29, 1.82) is 0 Å². The van der Waals surface area contributed by atoms with Crippen LogP contribution in [0.15, 0.2) is 35.4 Å². The second kappa shape index (κ2) is 4.75. The molecule has 1 aromatic heterocycles. The van der Waals surface area contributed by atoms with Crippen LogP contribution in [0.4, 0.5) is 4.39 Å². The normalized spacial score (nSPS) is 10.2. The first-order valence-electron chi connectivity index (χ1n) is 4.90. The summed E-state index contributed by atoms with van der Waals surface area (Å²) in [6, 6.07) is 5.46. The number of nitrogens with zero attached hydrogens (tertiary/aromatic N) is 1. The number of nitrogens with two attached hydrogens (primary N) is 1. The van der Waals surface area contributed by atoms with Crippen molar-refractivity contribution in [3.63, 3.8) is 0 Å². The Kier molecular flexibility index (Phi) is 3.15. The Hall–Kier alpha value is -2.21. The van der Waals surface area contributed by atoms with Crippen LogP contribution >= 0.6 is 0 Å². The van der Waals surface area contributed by atoms with E-state index in [1.165, 1.54) is 24.5 Å². The van der Waals surface area contributed by atoms with Gasteiger partial charge < -0.3 is 15.5 Å². The Morgan fingerprint density at radius 1 is 1.41 bits per heavy atom. The largest absolute Gasteiger partial charge is 0.439 e. The molecule has 1 aromatic carbocycles. The van der Waals surface area contributed by atoms with Crippen molar-refractivity contribution in [2.45, 2.75) is 6.54 Å². The first-order chi connectivity index (χ1) is 8.19. The lowest BCUT2D eigenvalue weighted by Gasteiger charge is -2.05. The minimum atomic E-state index is -0.449. The molecule has 0 radical (unpaired) electrons. The van der Waals surface area contributed by atoms with Crippen LogP contribution in [-0.4, -0.2) is 9.97 Å². The van der Waals surface area contributed by atoms with Crippen molar-refractivity contribution in [3.8, 4) is 11.6 Å². The summed E-state index contributed by atoms with van der Waals surface area (Å²) in [6.45, 7) is 0.120. The third-order valence-electron chi connectivity index (χ3n) is 2.12. The Bertz CT molecular complexity index is 583. The molecule has 0 amide bonds. The smallest absolute Gasteiger partial charge is 0.254 e. The van der Waals surface area contributed by atoms with Crippen LogP contribution in [-0.2, 0) is 6.54 Å². The summed E-state index contributed by atoms with van der Waals surface area (Å²) in [7, 11) is 0. The highest BCUT2D eigenvalue weighted by atomic mass is 19.1. The van der Waals surface area contributed by atoms with Gasteiger partial charge in [0, 0.05) is 18.2 Å². The van der Waals surface area contributed by atoms with Crippen molar-refractivity contribution >= 4 is 0 Å². The molecule has 1 heterocycles. The van der Waals surface area contributed by atoms with Gasteiger partial charge in [-0.1, -0.05) is 6.07 Å². The molecule has 3 N–H and O–H groups in total. The fourth-order valence-electron chi connectivity index (χ4n) is 1.28. The fraction of sp³-hybridized carbons (Fsp3) is 0.0909. The summed E-state index contributed by atoms with van der Waals surface area (Å²) >= 11 is 0. The molecule has 0 aliphatic carbocycles. The van der Waals surface area contributed by atoms with Gasteiger partial charge in [-0.25, -0.2) is 9.37 Å². The zero-order valence-corrected chi connectivity index (χ0v) is 8.81. The molecule has 6 heteroatoms. The maximum absolute atomic E-state index is 13.4. The molecule has 0 saturated heterocycles. The molecule has 17 heavy (non-hydrogen) atoms. The van der Waals surface area contributed by atoms with Crippen LogP contribution in [0.5, 0.6) is 11.6 Å². The van der Waals surface area contributed by atoms with E-state index in [1.54, 1.807) is 6.07 Å². The number of H-pyrrole nitrogens is 1. The van der Waals surface area contributed by atoms with E-state index >= 15 is 0 Å². The standard InChI is InChI=1S/C11H10FN3O2/c12-9-3-8(2-1-7(9)5-13)17-11-4-10(16)14-6-15-11/h1-4,6H,5,13H2,(H,14,15,16). The third kappa shape index (κ3) is 2.67. The van der Waals surface area contributed by atoms with Gasteiger partial charge >= 0.3 is 0 Å². The number of hydrogen-bond donors (Lipinski definition) is 2. The predicted octanol–water partition coefficient (Wildman–Crippen LogP) is 1.16. The van der Waals surface area contributed by atoms with Crippen LogP contribution in [0.1, 0.15) is 5.56 Å². The first-order valence-corrected chi connectivity index (χ1v) is 4.90. The molecule has 2 aromatic rings. The van der Waals surface area contributed by atoms with Gasteiger partial charge in [0.25, 0.3) is 5.56 Å². The van der Waals surface area contributed by atoms with E-state index in [0.29, 0.717) is 5.56 Å². The van der Waals surface area contributed by atoms with E-state index in [2.05, 4.69) is 9.97 Å². The van der Waals surface area contributed by atoms with Gasteiger partial charge in [-0.3, -0.25) is 4.79 Å². The number of aromatic amines is 1. The fourth-order valence-corrected chi connectivity index (χ4v) is 1.28. The molecule has 0 atom stereocenters. The predicted molar refractivity (Wildman–Crippen MR) is 59.2 cm³/mol. The lowest BCUT2D eigenvalue weighted by Crippen LogP contribution is -2.05. The summed E-state index contributed by atoms with van der Waals surface area (Å²) in [4.78, 5) is 17.1. The summed E-state index contributed by atoms with van der Waals surface area (Å²) in [6.07, 6.45) is 1.21. The SMILES string of the molecule is NCc1ccc(Oc2cc(=O)[nH]cn2)cc1F. The lowest BCUT2D eigenvalue weighted by molar-refractivity contribution is 0.455. The Morgan fingerprint density at radius 2 is 2.24 bits per heavy atom. The second-order valence-corrected chi connectivity index (χ2v) is 3.31. The van der Waals surface area contributed by atoms with Crippen LogP contribution in [0.25, 0.3) is 0 Å². The summed E-state index contributed by atoms with van der Waals surface area (Å²) in [5.41, 5.74) is 5.39. The first kappa shape index (κ1) is 11.3. The van der Waals surface area contributed by atoms with Crippen molar-refractivity contribution in [2.24, 2.45) is 5.73 Å². The van der Waals surface area contributed by atoms with E-state index in [9.17, 15) is 9.18 Å². The van der Waals surface area contributed by atoms with Gasteiger partial charge in [0.15, 0.2) is 0 Å². The van der Waals surface area contributed by atoms with Gasteiger partial charge in [-0.15, -0.1) is 0 Å². The number of rotatable bonds is 3. The van der Waals surface area contributed by atoms with E-state index in [1.807, 2.05) is 0 Å². The zero-order chi connectivity index (χ0) is 12.3. The molecule has 0 aliphatic rings. The summed E-state index contributed by atoms with van der Waals surface area (Å²) in [5, 5.41) is 0. The average Bonchev–Trinajstić information content (AvgIpc) is 2.29. The van der Waals surface area contributed by atoms with Crippen molar-refractivity contribution in [1.82, 2.24) is 9.97 Å². The molecule has 0 bridgehead atoms. The topological polar surface area (TPSA) is 81.0 Å². The molecule has 88 valence electrons. The second-order valence-electron chi connectivity index (χ2n) is 3.31. The lowest BCUT2D eigenvalue weighted by atomic mass is 10.2. The van der Waals surface area contributed by atoms with E-state index in [-0.39, 0.29) is 23.7 Å². The number of ether oxygens (including phenoxy) is 1. The summed E-state index contributed by atoms with van der Waals surface area (Å²) < 4.78 is 18.6. The van der Waals surface area contributed by atoms with E-state index in [0.717, 1.165) is 0 Å². The number of hydrogen-bond acceptors (Lipinski definition) is 4. The third-order valence-corrected chi connectivity index (χ3v) is 2.12. The molecular formula is C11H10FN3O2. The maximum Gasteiger partial charge on any atom is 0.254 e. The van der Waals surface area contributed by atoms with Crippen molar-refractivity contribution < 1.29 is 9.13 Å². The van der Waals surface area contributed by atoms with Crippen molar-refractivity contribution in [2.75, 3.05) is 0 Å². The highest BCUT2D eigenvalue weighted by Gasteiger charge is 2.04. The van der Waals surface area contributed by atoms with Gasteiger partial charge in [-0.2, -0.15) is 0 Å². The van der Waals surface area contributed by atoms with Crippen LogP contribution in [0.3, 0.4) is 0 Å². The molecule has 2 rings (SSSR count). The highest BCUT2D eigenvalue weighted by molar-refractivity contribution is 5.31. The van der Waals surface area contributed by atoms with Crippen LogP contribution in [0.2, 0.25) is 0 Å². The average molecular weight is 235 g/mol. The van der Waals surface area contributed by atoms with Gasteiger partial charge in [0.05, 0.1) is 12.4 Å². The number of benzene rings is 1. The molecular weight excluding hydrogens is 225 g/mol. The quantitative estimate of drug-likeness (QED) is 0.836. The Labute approximate surface area is 96.1 Å². The Balaban J connectivity index is 2.25. The minimum absolute atomic E-state index is 0.105. The molecule has 0 unspecified atom stereocenters. The number of halogens is 1. The monoisotopic (exact) mass is 235 g/mol. The highest BCUT2D eigenvalue weighted by Crippen LogP contribution is 2.20. The zero-order valence-electron chi connectivity index (χ0n) is 8.81. The Morgan fingerprint density at radius 3 is 2.88 bits per heavy atom. The number of nitrogens with one attached hydrogen (secondary N) is 1. The van der Waals surface area contributed by atoms with Crippen LogP contribution in [0, 0.1) is 5.82 Å². The molecule has 5 nitrogen and oxygen atoms in total. The van der Waals surface area contributed by atoms with E-state index in [4.69, 9.17) is 10.5 Å². The summed E-state index contributed by atoms with van der Waals surface area (Å²) in [5.74, 6) is -0.0821. The van der Waals surface area contributed by atoms with Gasteiger partial charge in [0.1, 0.15) is 11.6 Å². The molecule has 0 spiro atoms. The minimum Gasteiger partial charge on any atom is -0.439 e. The van der Waals surface area contributed by atoms with Gasteiger partial charge in [0.2, 0.25) is 5.88 Å². The molecule has 0 fully saturated rings. The van der Waals surface area contributed by atoms with Gasteiger partial charge in [-0.05, 0) is 6.07 Å². The molecule has 0 saturated carbocycles.